The van der Waals surface area contributed by atoms with Gasteiger partial charge in [0.05, 0.1) is 19.6 Å². The summed E-state index contributed by atoms with van der Waals surface area (Å²) in [4.78, 5) is 0. The highest BCUT2D eigenvalue weighted by Crippen LogP contribution is 1.95. The Hall–Kier alpha value is -0.110. The van der Waals surface area contributed by atoms with E-state index in [9.17, 15) is 0 Å². The van der Waals surface area contributed by atoms with Crippen molar-refractivity contribution in [1.29, 1.82) is 0 Å². The summed E-state index contributed by atoms with van der Waals surface area (Å²) in [5.41, 5.74) is 0. The van der Waals surface area contributed by atoms with E-state index in [2.05, 4.69) is 19.1 Å². The van der Waals surface area contributed by atoms with Crippen LogP contribution in [0.2, 0.25) is 0 Å². The summed E-state index contributed by atoms with van der Waals surface area (Å²) in [7, 11) is 2.09. The fourth-order valence-electron chi connectivity index (χ4n) is 0.381. The average Bonchev–Trinajstić information content (AvgIpc) is 1.65. The molecule has 2 heteroatoms. The second-order valence-corrected chi connectivity index (χ2v) is 4.13. The number of ether oxygens (including phenoxy) is 1. The molecule has 0 aliphatic carbocycles. The van der Waals surface area contributed by atoms with Crippen molar-refractivity contribution in [3.8, 4) is 0 Å². The monoisotopic (exact) mass is 133 g/mol. The fraction of sp³-hybridized carbons (Fsp3) is 0.667. The molecule has 8 heavy (non-hydrogen) atoms. The van der Waals surface area contributed by atoms with Crippen molar-refractivity contribution in [2.45, 2.75) is 0 Å². The Kier molecular flexibility index (Phi) is 3.79. The zero-order valence-corrected chi connectivity index (χ0v) is 6.55. The number of rotatable bonds is 3. The zero-order valence-electron chi connectivity index (χ0n) is 5.73. The third kappa shape index (κ3) is 4.06. The van der Waals surface area contributed by atoms with Gasteiger partial charge < -0.3 is 4.74 Å². The van der Waals surface area contributed by atoms with Crippen LogP contribution < -0.4 is 0 Å². The van der Waals surface area contributed by atoms with E-state index in [1.165, 1.54) is 0 Å². The highest BCUT2D eigenvalue weighted by molar-refractivity contribution is 7.95. The molecule has 0 amide bonds. The van der Waals surface area contributed by atoms with Gasteiger partial charge in [-0.1, -0.05) is 6.58 Å². The molecule has 0 aromatic rings. The minimum absolute atomic E-state index is 0.430. The van der Waals surface area contributed by atoms with Gasteiger partial charge in [0.25, 0.3) is 0 Å². The van der Waals surface area contributed by atoms with Crippen LogP contribution in [0.1, 0.15) is 0 Å². The van der Waals surface area contributed by atoms with E-state index < -0.39 is 0 Å². The Morgan fingerprint density at radius 1 is 1.62 bits per heavy atom. The van der Waals surface area contributed by atoms with Gasteiger partial charge in [-0.2, -0.15) is 0 Å². The summed E-state index contributed by atoms with van der Waals surface area (Å²) >= 11 is 0. The Morgan fingerprint density at radius 3 is 2.25 bits per heavy atom. The molecule has 0 rings (SSSR count). The van der Waals surface area contributed by atoms with Crippen molar-refractivity contribution in [3.05, 3.63) is 12.3 Å². The lowest BCUT2D eigenvalue weighted by atomic mass is 10.7. The molecule has 1 nitrogen and oxygen atoms in total. The second kappa shape index (κ2) is 3.84. The lowest BCUT2D eigenvalue weighted by molar-refractivity contribution is 0.297. The first-order valence-electron chi connectivity index (χ1n) is 2.42. The van der Waals surface area contributed by atoms with Crippen molar-refractivity contribution in [1.82, 2.24) is 0 Å². The van der Waals surface area contributed by atoms with Gasteiger partial charge in [-0.05, 0) is 10.9 Å². The molecular formula is C6H13OS+. The number of hydrogen-bond donors (Lipinski definition) is 0. The minimum atomic E-state index is 0.430. The van der Waals surface area contributed by atoms with Crippen LogP contribution in [0.5, 0.6) is 0 Å². The molecule has 0 aliphatic heterocycles. The Bertz CT molecular complexity index is 78.6. The quantitative estimate of drug-likeness (QED) is 0.412. The van der Waals surface area contributed by atoms with E-state index in [0.717, 1.165) is 11.5 Å². The summed E-state index contributed by atoms with van der Waals surface area (Å²) in [5.74, 6) is 1.88. The summed E-state index contributed by atoms with van der Waals surface area (Å²) in [5, 5.41) is 0. The average molecular weight is 133 g/mol. The minimum Gasteiger partial charge on any atom is -0.497 e. The Labute approximate surface area is 54.1 Å². The lowest BCUT2D eigenvalue weighted by Gasteiger charge is -1.98. The molecule has 0 aliphatic rings. The largest absolute Gasteiger partial charge is 0.497 e. The normalized spacial score (nSPS) is 9.50. The highest BCUT2D eigenvalue weighted by atomic mass is 32.2. The predicted molar refractivity (Wildman–Crippen MR) is 40.2 cm³/mol. The van der Waals surface area contributed by atoms with Gasteiger partial charge in [0.15, 0.2) is 5.75 Å². The smallest absolute Gasteiger partial charge is 0.163 e. The molecule has 0 fully saturated rings. The van der Waals surface area contributed by atoms with Gasteiger partial charge in [0, 0.05) is 0 Å². The molecule has 0 N–H and O–H groups in total. The van der Waals surface area contributed by atoms with E-state index in [0.29, 0.717) is 10.9 Å². The molecule has 0 bridgehead atoms. The van der Waals surface area contributed by atoms with Gasteiger partial charge >= 0.3 is 0 Å². The van der Waals surface area contributed by atoms with Crippen molar-refractivity contribution in [2.75, 3.05) is 25.4 Å². The number of methoxy groups -OCH3 is 1. The van der Waals surface area contributed by atoms with Gasteiger partial charge in [0.2, 0.25) is 0 Å². The van der Waals surface area contributed by atoms with Crippen LogP contribution in [-0.4, -0.2) is 25.4 Å². The number of hydrogen-bond acceptors (Lipinski definition) is 1. The van der Waals surface area contributed by atoms with Crippen molar-refractivity contribution >= 4 is 10.9 Å². The Balaban J connectivity index is 3.25. The molecule has 0 atom stereocenters. The maximum absolute atomic E-state index is 4.87. The SMILES string of the molecule is C=C(C[S+](C)C)OC. The molecule has 0 heterocycles. The summed E-state index contributed by atoms with van der Waals surface area (Å²) in [6.45, 7) is 3.70. The third-order valence-electron chi connectivity index (χ3n) is 0.738. The summed E-state index contributed by atoms with van der Waals surface area (Å²) in [6, 6.07) is 0. The molecule has 0 aromatic carbocycles. The van der Waals surface area contributed by atoms with E-state index in [1.807, 2.05) is 0 Å². The molecule has 0 aromatic heterocycles. The van der Waals surface area contributed by atoms with E-state index in [4.69, 9.17) is 4.74 Å². The lowest BCUT2D eigenvalue weighted by Crippen LogP contribution is -2.04. The molecular weight excluding hydrogens is 120 g/mol. The highest BCUT2D eigenvalue weighted by Gasteiger charge is 2.03. The van der Waals surface area contributed by atoms with Crippen LogP contribution in [0.25, 0.3) is 0 Å². The second-order valence-electron chi connectivity index (χ2n) is 1.87. The molecule has 0 spiro atoms. The van der Waals surface area contributed by atoms with Crippen molar-refractivity contribution < 1.29 is 4.74 Å². The van der Waals surface area contributed by atoms with Crippen LogP contribution in [-0.2, 0) is 15.6 Å². The molecule has 48 valence electrons. The standard InChI is InChI=1S/C6H13OS/c1-6(7-2)5-8(3)4/h1,5H2,2-4H3/q+1. The van der Waals surface area contributed by atoms with Crippen molar-refractivity contribution in [2.24, 2.45) is 0 Å². The Morgan fingerprint density at radius 2 is 2.12 bits per heavy atom. The van der Waals surface area contributed by atoms with Crippen LogP contribution in [0.15, 0.2) is 12.3 Å². The zero-order chi connectivity index (χ0) is 6.57. The summed E-state index contributed by atoms with van der Waals surface area (Å²) in [6.07, 6.45) is 4.34. The maximum atomic E-state index is 4.87. The molecule has 0 radical (unpaired) electrons. The van der Waals surface area contributed by atoms with E-state index in [-0.39, 0.29) is 0 Å². The van der Waals surface area contributed by atoms with Crippen LogP contribution in [0.3, 0.4) is 0 Å². The van der Waals surface area contributed by atoms with Crippen molar-refractivity contribution in [3.63, 3.8) is 0 Å². The molecule has 0 saturated carbocycles. The fourth-order valence-corrected chi connectivity index (χ4v) is 1.14. The van der Waals surface area contributed by atoms with Gasteiger partial charge in [-0.15, -0.1) is 0 Å². The van der Waals surface area contributed by atoms with Crippen LogP contribution in [0.4, 0.5) is 0 Å². The molecule has 0 unspecified atom stereocenters. The van der Waals surface area contributed by atoms with E-state index in [1.54, 1.807) is 7.11 Å². The van der Waals surface area contributed by atoms with Gasteiger partial charge in [-0.3, -0.25) is 0 Å². The first-order chi connectivity index (χ1) is 3.66. The first kappa shape index (κ1) is 7.89. The maximum Gasteiger partial charge on any atom is 0.163 e. The predicted octanol–water partition coefficient (Wildman–Crippen LogP) is 1.02. The summed E-state index contributed by atoms with van der Waals surface area (Å²) < 4.78 is 4.87. The first-order valence-corrected chi connectivity index (χ1v) is 4.63. The molecule has 0 saturated heterocycles. The van der Waals surface area contributed by atoms with Gasteiger partial charge in [0.1, 0.15) is 5.76 Å². The topological polar surface area (TPSA) is 9.23 Å². The van der Waals surface area contributed by atoms with E-state index >= 15 is 0 Å². The third-order valence-corrected chi connectivity index (χ3v) is 1.64. The van der Waals surface area contributed by atoms with Crippen LogP contribution in [0, 0.1) is 0 Å². The van der Waals surface area contributed by atoms with Crippen LogP contribution >= 0.6 is 0 Å². The van der Waals surface area contributed by atoms with Gasteiger partial charge in [-0.25, -0.2) is 0 Å².